The van der Waals surface area contributed by atoms with Gasteiger partial charge in [-0.1, -0.05) is 12.2 Å². The number of nitrogens with one attached hydrogen (secondary N) is 2. The van der Waals surface area contributed by atoms with Gasteiger partial charge in [0, 0.05) is 19.7 Å². The zero-order valence-corrected chi connectivity index (χ0v) is 9.34. The van der Waals surface area contributed by atoms with Crippen molar-refractivity contribution in [2.75, 3.05) is 19.7 Å². The molecule has 1 fully saturated rings. The Morgan fingerprint density at radius 2 is 2.33 bits per heavy atom. The Morgan fingerprint density at radius 1 is 1.53 bits per heavy atom. The Kier molecular flexibility index (Phi) is 5.18. The standard InChI is InChI=1S/C11H20N2O2/c1-9(2)8-13-11(14)12-6-5-10-4-3-7-15-10/h10H,1,3-8H2,2H3,(H2,12,13,14)/t10-/m0/s1. The van der Waals surface area contributed by atoms with Crippen LogP contribution in [-0.4, -0.2) is 31.8 Å². The molecule has 0 aromatic heterocycles. The summed E-state index contributed by atoms with van der Waals surface area (Å²) >= 11 is 0. The molecule has 0 aromatic carbocycles. The quantitative estimate of drug-likeness (QED) is 0.677. The summed E-state index contributed by atoms with van der Waals surface area (Å²) in [5.74, 6) is 0. The van der Waals surface area contributed by atoms with Gasteiger partial charge in [0.1, 0.15) is 0 Å². The summed E-state index contributed by atoms with van der Waals surface area (Å²) in [5, 5.41) is 5.51. The van der Waals surface area contributed by atoms with E-state index in [2.05, 4.69) is 17.2 Å². The Morgan fingerprint density at radius 3 is 2.93 bits per heavy atom. The molecule has 4 nitrogen and oxygen atoms in total. The first kappa shape index (κ1) is 12.0. The lowest BCUT2D eigenvalue weighted by molar-refractivity contribution is 0.104. The average molecular weight is 212 g/mol. The second-order valence-electron chi connectivity index (χ2n) is 3.99. The molecule has 1 rings (SSSR count). The lowest BCUT2D eigenvalue weighted by atomic mass is 10.2. The summed E-state index contributed by atoms with van der Waals surface area (Å²) in [6.07, 6.45) is 3.51. The highest BCUT2D eigenvalue weighted by Gasteiger charge is 2.14. The van der Waals surface area contributed by atoms with Crippen LogP contribution in [0.25, 0.3) is 0 Å². The fourth-order valence-electron chi connectivity index (χ4n) is 1.51. The van der Waals surface area contributed by atoms with Crippen LogP contribution in [0.15, 0.2) is 12.2 Å². The third-order valence-electron chi connectivity index (χ3n) is 2.33. The lowest BCUT2D eigenvalue weighted by Crippen LogP contribution is -2.37. The average Bonchev–Trinajstić information content (AvgIpc) is 2.67. The van der Waals surface area contributed by atoms with E-state index >= 15 is 0 Å². The van der Waals surface area contributed by atoms with Crippen molar-refractivity contribution < 1.29 is 9.53 Å². The number of carbonyl (C=O) groups is 1. The number of ether oxygens (including phenoxy) is 1. The minimum atomic E-state index is -0.129. The first-order valence-electron chi connectivity index (χ1n) is 5.46. The normalized spacial score (nSPS) is 19.9. The van der Waals surface area contributed by atoms with Gasteiger partial charge in [-0.05, 0) is 26.2 Å². The van der Waals surface area contributed by atoms with Crippen LogP contribution in [0.5, 0.6) is 0 Å². The Bertz CT molecular complexity index is 223. The smallest absolute Gasteiger partial charge is 0.315 e. The maximum atomic E-state index is 11.2. The molecule has 0 radical (unpaired) electrons. The van der Waals surface area contributed by atoms with Crippen LogP contribution in [-0.2, 0) is 4.74 Å². The molecule has 2 N–H and O–H groups in total. The zero-order valence-electron chi connectivity index (χ0n) is 9.34. The van der Waals surface area contributed by atoms with Crippen LogP contribution >= 0.6 is 0 Å². The Balaban J connectivity index is 1.98. The summed E-state index contributed by atoms with van der Waals surface area (Å²) < 4.78 is 5.45. The predicted molar refractivity (Wildman–Crippen MR) is 59.8 cm³/mol. The molecule has 0 unspecified atom stereocenters. The molecule has 0 saturated carbocycles. The van der Waals surface area contributed by atoms with Crippen LogP contribution in [0.1, 0.15) is 26.2 Å². The molecule has 1 heterocycles. The SMILES string of the molecule is C=C(C)CNC(=O)NCC[C@@H]1CCCO1. The van der Waals surface area contributed by atoms with Gasteiger partial charge >= 0.3 is 6.03 Å². The molecular formula is C11H20N2O2. The highest BCUT2D eigenvalue weighted by atomic mass is 16.5. The van der Waals surface area contributed by atoms with Crippen molar-refractivity contribution in [2.24, 2.45) is 0 Å². The third-order valence-corrected chi connectivity index (χ3v) is 2.33. The van der Waals surface area contributed by atoms with Crippen molar-refractivity contribution in [1.82, 2.24) is 10.6 Å². The van der Waals surface area contributed by atoms with E-state index < -0.39 is 0 Å². The van der Waals surface area contributed by atoms with Gasteiger partial charge in [-0.25, -0.2) is 4.79 Å². The minimum Gasteiger partial charge on any atom is -0.378 e. The molecule has 4 heteroatoms. The number of hydrogen-bond donors (Lipinski definition) is 2. The highest BCUT2D eigenvalue weighted by molar-refractivity contribution is 5.73. The van der Waals surface area contributed by atoms with Crippen molar-refractivity contribution in [2.45, 2.75) is 32.3 Å². The fraction of sp³-hybridized carbons (Fsp3) is 0.727. The molecule has 0 aromatic rings. The molecule has 86 valence electrons. The lowest BCUT2D eigenvalue weighted by Gasteiger charge is -2.10. The molecule has 1 atom stereocenters. The topological polar surface area (TPSA) is 50.4 Å². The van der Waals surface area contributed by atoms with Gasteiger partial charge in [-0.15, -0.1) is 0 Å². The number of carbonyl (C=O) groups excluding carboxylic acids is 1. The third kappa shape index (κ3) is 5.42. The van der Waals surface area contributed by atoms with Gasteiger partial charge in [-0.3, -0.25) is 0 Å². The predicted octanol–water partition coefficient (Wildman–Crippen LogP) is 1.43. The van der Waals surface area contributed by atoms with E-state index in [1.165, 1.54) is 0 Å². The summed E-state index contributed by atoms with van der Waals surface area (Å²) in [7, 11) is 0. The van der Waals surface area contributed by atoms with E-state index in [-0.39, 0.29) is 6.03 Å². The van der Waals surface area contributed by atoms with Crippen LogP contribution in [0.3, 0.4) is 0 Å². The van der Waals surface area contributed by atoms with Crippen molar-refractivity contribution >= 4 is 6.03 Å². The van der Waals surface area contributed by atoms with Gasteiger partial charge in [0.2, 0.25) is 0 Å². The van der Waals surface area contributed by atoms with Gasteiger partial charge in [0.05, 0.1) is 6.10 Å². The van der Waals surface area contributed by atoms with E-state index in [0.717, 1.165) is 31.4 Å². The van der Waals surface area contributed by atoms with E-state index in [4.69, 9.17) is 4.74 Å². The second kappa shape index (κ2) is 6.45. The molecular weight excluding hydrogens is 192 g/mol. The molecule has 15 heavy (non-hydrogen) atoms. The zero-order chi connectivity index (χ0) is 11.1. The molecule has 1 aliphatic heterocycles. The number of rotatable bonds is 5. The molecule has 0 spiro atoms. The van der Waals surface area contributed by atoms with Crippen LogP contribution < -0.4 is 10.6 Å². The van der Waals surface area contributed by atoms with Crippen LogP contribution in [0, 0.1) is 0 Å². The van der Waals surface area contributed by atoms with E-state index in [1.807, 2.05) is 6.92 Å². The monoisotopic (exact) mass is 212 g/mol. The number of urea groups is 1. The summed E-state index contributed by atoms with van der Waals surface area (Å²) in [6.45, 7) is 7.66. The maximum Gasteiger partial charge on any atom is 0.315 e. The summed E-state index contributed by atoms with van der Waals surface area (Å²) in [5.41, 5.74) is 0.948. The fourth-order valence-corrected chi connectivity index (χ4v) is 1.51. The van der Waals surface area contributed by atoms with Crippen LogP contribution in [0.4, 0.5) is 4.79 Å². The Labute approximate surface area is 91.1 Å². The second-order valence-corrected chi connectivity index (χ2v) is 3.99. The van der Waals surface area contributed by atoms with Crippen molar-refractivity contribution in [1.29, 1.82) is 0 Å². The summed E-state index contributed by atoms with van der Waals surface area (Å²) in [6, 6.07) is -0.129. The molecule has 0 bridgehead atoms. The van der Waals surface area contributed by atoms with E-state index in [0.29, 0.717) is 19.2 Å². The first-order valence-corrected chi connectivity index (χ1v) is 5.46. The Hall–Kier alpha value is -1.03. The van der Waals surface area contributed by atoms with E-state index in [9.17, 15) is 4.79 Å². The largest absolute Gasteiger partial charge is 0.378 e. The van der Waals surface area contributed by atoms with Crippen molar-refractivity contribution in [3.05, 3.63) is 12.2 Å². The van der Waals surface area contributed by atoms with Gasteiger partial charge in [0.15, 0.2) is 0 Å². The number of amides is 2. The van der Waals surface area contributed by atoms with Crippen LogP contribution in [0.2, 0.25) is 0 Å². The summed E-state index contributed by atoms with van der Waals surface area (Å²) in [4.78, 5) is 11.2. The van der Waals surface area contributed by atoms with Gasteiger partial charge in [0.25, 0.3) is 0 Å². The highest BCUT2D eigenvalue weighted by Crippen LogP contribution is 2.14. The molecule has 0 aliphatic carbocycles. The van der Waals surface area contributed by atoms with Crippen molar-refractivity contribution in [3.63, 3.8) is 0 Å². The van der Waals surface area contributed by atoms with Gasteiger partial charge in [-0.2, -0.15) is 0 Å². The molecule has 1 aliphatic rings. The number of hydrogen-bond acceptors (Lipinski definition) is 2. The molecule has 1 saturated heterocycles. The maximum absolute atomic E-state index is 11.2. The van der Waals surface area contributed by atoms with Gasteiger partial charge < -0.3 is 15.4 Å². The van der Waals surface area contributed by atoms with Crippen molar-refractivity contribution in [3.8, 4) is 0 Å². The minimum absolute atomic E-state index is 0.129. The van der Waals surface area contributed by atoms with E-state index in [1.54, 1.807) is 0 Å². The molecule has 2 amide bonds. The first-order chi connectivity index (χ1) is 7.18.